The second kappa shape index (κ2) is 11.0. The van der Waals surface area contributed by atoms with Gasteiger partial charge in [0.05, 0.1) is 32.5 Å². The van der Waals surface area contributed by atoms with Crippen molar-refractivity contribution in [1.82, 2.24) is 10.2 Å². The van der Waals surface area contributed by atoms with Gasteiger partial charge in [-0.25, -0.2) is 0 Å². The Morgan fingerprint density at radius 1 is 1.25 bits per heavy atom. The third kappa shape index (κ3) is 7.79. The summed E-state index contributed by atoms with van der Waals surface area (Å²) in [5.74, 6) is 0.120. The predicted octanol–water partition coefficient (Wildman–Crippen LogP) is 0.00250. The molecule has 1 aliphatic rings. The second-order valence-corrected chi connectivity index (χ2v) is 5.00. The highest BCUT2D eigenvalue weighted by molar-refractivity contribution is 5.78. The normalized spacial score (nSPS) is 17.2. The number of carbonyl (C=O) groups excluding carboxylic acids is 1. The molecule has 2 N–H and O–H groups in total. The van der Waals surface area contributed by atoms with Gasteiger partial charge in [-0.2, -0.15) is 0 Å². The Morgan fingerprint density at radius 2 is 1.95 bits per heavy atom. The van der Waals surface area contributed by atoms with Crippen molar-refractivity contribution in [3.8, 4) is 0 Å². The maximum Gasteiger partial charge on any atom is 0.236 e. The summed E-state index contributed by atoms with van der Waals surface area (Å²) in [4.78, 5) is 13.7. The molecule has 0 spiro atoms. The zero-order valence-corrected chi connectivity index (χ0v) is 12.5. The molecule has 6 heteroatoms. The third-order valence-electron chi connectivity index (χ3n) is 3.25. The third-order valence-corrected chi connectivity index (χ3v) is 3.25. The number of nitrogens with zero attached hydrogens (tertiary/aromatic N) is 1. The molecule has 1 rings (SSSR count). The summed E-state index contributed by atoms with van der Waals surface area (Å²) in [7, 11) is 0. The summed E-state index contributed by atoms with van der Waals surface area (Å²) in [6.07, 6.45) is 2.82. The van der Waals surface area contributed by atoms with Gasteiger partial charge in [-0.3, -0.25) is 4.79 Å². The number of hydrogen-bond donors (Lipinski definition) is 2. The SMILES string of the molecule is CCOCCOCC(O)CNCC(=O)N1CCCCC1. The van der Waals surface area contributed by atoms with Crippen molar-refractivity contribution in [3.05, 3.63) is 0 Å². The summed E-state index contributed by atoms with van der Waals surface area (Å²) < 4.78 is 10.4. The van der Waals surface area contributed by atoms with Crippen molar-refractivity contribution in [3.63, 3.8) is 0 Å². The summed E-state index contributed by atoms with van der Waals surface area (Å²) in [5.41, 5.74) is 0. The monoisotopic (exact) mass is 288 g/mol. The average Bonchev–Trinajstić information content (AvgIpc) is 2.48. The van der Waals surface area contributed by atoms with Crippen LogP contribution in [-0.2, 0) is 14.3 Å². The highest BCUT2D eigenvalue weighted by Crippen LogP contribution is 2.08. The molecule has 6 nitrogen and oxygen atoms in total. The van der Waals surface area contributed by atoms with Gasteiger partial charge in [0.1, 0.15) is 0 Å². The van der Waals surface area contributed by atoms with Crippen LogP contribution in [0.25, 0.3) is 0 Å². The molecule has 0 aromatic heterocycles. The summed E-state index contributed by atoms with van der Waals surface area (Å²) in [5, 5.41) is 12.7. The van der Waals surface area contributed by atoms with Crippen molar-refractivity contribution in [2.75, 3.05) is 52.6 Å². The predicted molar refractivity (Wildman–Crippen MR) is 76.6 cm³/mol. The van der Waals surface area contributed by atoms with E-state index in [0.717, 1.165) is 25.9 Å². The van der Waals surface area contributed by atoms with E-state index in [0.29, 0.717) is 26.4 Å². The topological polar surface area (TPSA) is 71.0 Å². The number of nitrogens with one attached hydrogen (secondary N) is 1. The van der Waals surface area contributed by atoms with E-state index in [-0.39, 0.29) is 19.1 Å². The first-order chi connectivity index (χ1) is 9.74. The largest absolute Gasteiger partial charge is 0.389 e. The minimum atomic E-state index is -0.592. The summed E-state index contributed by atoms with van der Waals surface area (Å²) in [6.45, 7) is 6.28. The van der Waals surface area contributed by atoms with Crippen LogP contribution in [0, 0.1) is 0 Å². The standard InChI is InChI=1S/C14H28N2O4/c1-2-19-8-9-20-12-13(17)10-15-11-14(18)16-6-4-3-5-7-16/h13,15,17H,2-12H2,1H3. The molecule has 1 saturated heterocycles. The number of piperidine rings is 1. The van der Waals surface area contributed by atoms with Crippen molar-refractivity contribution < 1.29 is 19.4 Å². The fourth-order valence-corrected chi connectivity index (χ4v) is 2.14. The Balaban J connectivity index is 1.97. The van der Waals surface area contributed by atoms with E-state index in [1.165, 1.54) is 6.42 Å². The van der Waals surface area contributed by atoms with E-state index < -0.39 is 6.10 Å². The Morgan fingerprint density at radius 3 is 2.65 bits per heavy atom. The van der Waals surface area contributed by atoms with Gasteiger partial charge >= 0.3 is 0 Å². The van der Waals surface area contributed by atoms with E-state index >= 15 is 0 Å². The molecule has 0 aliphatic carbocycles. The zero-order chi connectivity index (χ0) is 14.6. The first-order valence-electron chi connectivity index (χ1n) is 7.56. The molecule has 118 valence electrons. The molecule has 1 fully saturated rings. The fourth-order valence-electron chi connectivity index (χ4n) is 2.14. The lowest BCUT2D eigenvalue weighted by molar-refractivity contribution is -0.131. The van der Waals surface area contributed by atoms with Gasteiger partial charge in [-0.1, -0.05) is 0 Å². The molecule has 1 atom stereocenters. The average molecular weight is 288 g/mol. The van der Waals surface area contributed by atoms with Crippen LogP contribution in [0.2, 0.25) is 0 Å². The minimum Gasteiger partial charge on any atom is -0.389 e. The lowest BCUT2D eigenvalue weighted by Crippen LogP contribution is -2.43. The molecule has 1 amide bonds. The van der Waals surface area contributed by atoms with Gasteiger partial charge in [0, 0.05) is 26.2 Å². The van der Waals surface area contributed by atoms with Crippen LogP contribution in [0.4, 0.5) is 0 Å². The van der Waals surface area contributed by atoms with E-state index in [1.807, 2.05) is 11.8 Å². The quantitative estimate of drug-likeness (QED) is 0.554. The van der Waals surface area contributed by atoms with Crippen LogP contribution >= 0.6 is 0 Å². The molecule has 0 radical (unpaired) electrons. The molecule has 1 unspecified atom stereocenters. The number of amides is 1. The number of carbonyl (C=O) groups is 1. The van der Waals surface area contributed by atoms with Crippen LogP contribution < -0.4 is 5.32 Å². The van der Waals surface area contributed by atoms with Gasteiger partial charge in [-0.05, 0) is 26.2 Å². The maximum absolute atomic E-state index is 11.8. The Hall–Kier alpha value is -0.690. The molecule has 0 saturated carbocycles. The van der Waals surface area contributed by atoms with Gasteiger partial charge < -0.3 is 24.8 Å². The van der Waals surface area contributed by atoms with Crippen LogP contribution in [0.3, 0.4) is 0 Å². The number of hydrogen-bond acceptors (Lipinski definition) is 5. The summed E-state index contributed by atoms with van der Waals surface area (Å²) >= 11 is 0. The van der Waals surface area contributed by atoms with E-state index in [9.17, 15) is 9.90 Å². The number of likely N-dealkylation sites (tertiary alicyclic amines) is 1. The van der Waals surface area contributed by atoms with Crippen molar-refractivity contribution in [1.29, 1.82) is 0 Å². The highest BCUT2D eigenvalue weighted by atomic mass is 16.5. The van der Waals surface area contributed by atoms with Crippen LogP contribution in [-0.4, -0.2) is 74.6 Å². The van der Waals surface area contributed by atoms with Crippen LogP contribution in [0.5, 0.6) is 0 Å². The molecule has 0 bridgehead atoms. The van der Waals surface area contributed by atoms with Crippen molar-refractivity contribution in [2.24, 2.45) is 0 Å². The molecular weight excluding hydrogens is 260 g/mol. The van der Waals surface area contributed by atoms with E-state index in [4.69, 9.17) is 9.47 Å². The van der Waals surface area contributed by atoms with E-state index in [2.05, 4.69) is 5.32 Å². The fraction of sp³-hybridized carbons (Fsp3) is 0.929. The first-order valence-corrected chi connectivity index (χ1v) is 7.56. The van der Waals surface area contributed by atoms with Gasteiger partial charge in [0.15, 0.2) is 0 Å². The minimum absolute atomic E-state index is 0.120. The van der Waals surface area contributed by atoms with Crippen LogP contribution in [0.15, 0.2) is 0 Å². The lowest BCUT2D eigenvalue weighted by atomic mass is 10.1. The molecular formula is C14H28N2O4. The number of rotatable bonds is 10. The molecule has 0 aromatic rings. The van der Waals surface area contributed by atoms with Crippen LogP contribution in [0.1, 0.15) is 26.2 Å². The van der Waals surface area contributed by atoms with Gasteiger partial charge in [-0.15, -0.1) is 0 Å². The summed E-state index contributed by atoms with van der Waals surface area (Å²) in [6, 6.07) is 0. The Kier molecular flexibility index (Phi) is 9.57. The number of aliphatic hydroxyl groups is 1. The molecule has 20 heavy (non-hydrogen) atoms. The maximum atomic E-state index is 11.8. The highest BCUT2D eigenvalue weighted by Gasteiger charge is 2.16. The van der Waals surface area contributed by atoms with Crippen molar-refractivity contribution >= 4 is 5.91 Å². The lowest BCUT2D eigenvalue weighted by Gasteiger charge is -2.27. The molecule has 0 aromatic carbocycles. The number of aliphatic hydroxyl groups excluding tert-OH is 1. The second-order valence-electron chi connectivity index (χ2n) is 5.00. The Labute approximate surface area is 121 Å². The first kappa shape index (κ1) is 17.4. The van der Waals surface area contributed by atoms with Gasteiger partial charge in [0.25, 0.3) is 0 Å². The number of ether oxygens (including phenoxy) is 2. The Bertz CT molecular complexity index is 258. The zero-order valence-electron chi connectivity index (χ0n) is 12.5. The van der Waals surface area contributed by atoms with Crippen molar-refractivity contribution in [2.45, 2.75) is 32.3 Å². The molecule has 1 heterocycles. The van der Waals surface area contributed by atoms with Gasteiger partial charge in [0.2, 0.25) is 5.91 Å². The molecule has 1 aliphatic heterocycles. The smallest absolute Gasteiger partial charge is 0.236 e. The van der Waals surface area contributed by atoms with E-state index in [1.54, 1.807) is 0 Å².